The third-order valence-electron chi connectivity index (χ3n) is 5.63. The van der Waals surface area contributed by atoms with Crippen LogP contribution in [0.25, 0.3) is 0 Å². The molecule has 2 heterocycles. The van der Waals surface area contributed by atoms with Gasteiger partial charge < -0.3 is 15.0 Å². The van der Waals surface area contributed by atoms with Crippen molar-refractivity contribution in [2.24, 2.45) is 5.92 Å². The lowest BCUT2D eigenvalue weighted by Gasteiger charge is -2.39. The van der Waals surface area contributed by atoms with Gasteiger partial charge in [-0.15, -0.1) is 0 Å². The molecule has 1 atom stereocenters. The van der Waals surface area contributed by atoms with Gasteiger partial charge in [-0.3, -0.25) is 9.69 Å². The second-order valence-corrected chi connectivity index (χ2v) is 8.21. The van der Waals surface area contributed by atoms with Gasteiger partial charge in [-0.25, -0.2) is 4.79 Å². The van der Waals surface area contributed by atoms with Crippen LogP contribution >= 0.6 is 0 Å². The molecule has 170 valence electrons. The first-order valence-electron chi connectivity index (χ1n) is 10.4. The molecule has 1 fully saturated rings. The molecule has 0 aliphatic carbocycles. The zero-order valence-corrected chi connectivity index (χ0v) is 18.0. The summed E-state index contributed by atoms with van der Waals surface area (Å²) in [7, 11) is 0. The van der Waals surface area contributed by atoms with Crippen molar-refractivity contribution in [1.82, 2.24) is 15.1 Å². The van der Waals surface area contributed by atoms with Crippen LogP contribution in [-0.4, -0.2) is 54.6 Å². The summed E-state index contributed by atoms with van der Waals surface area (Å²) in [5, 5.41) is 2.67. The Morgan fingerprint density at radius 2 is 1.87 bits per heavy atom. The van der Waals surface area contributed by atoms with Crippen molar-refractivity contribution < 1.29 is 27.5 Å². The van der Waals surface area contributed by atoms with Gasteiger partial charge in [0.2, 0.25) is 0 Å². The molecule has 9 heteroatoms. The van der Waals surface area contributed by atoms with E-state index in [-0.39, 0.29) is 17.0 Å². The van der Waals surface area contributed by atoms with Crippen molar-refractivity contribution in [3.8, 4) is 0 Å². The van der Waals surface area contributed by atoms with Crippen LogP contribution in [0.4, 0.5) is 18.0 Å². The van der Waals surface area contributed by atoms with E-state index in [1.165, 1.54) is 23.1 Å². The average molecular weight is 439 g/mol. The maximum atomic E-state index is 13.7. The fourth-order valence-electron chi connectivity index (χ4n) is 3.89. The molecule has 6 nitrogen and oxygen atoms in total. The number of ether oxygens (including phenoxy) is 1. The summed E-state index contributed by atoms with van der Waals surface area (Å²) in [6.45, 7) is 7.48. The number of hydrogen-bond acceptors (Lipinski definition) is 3. The number of morpholine rings is 1. The van der Waals surface area contributed by atoms with Crippen molar-refractivity contribution in [3.63, 3.8) is 0 Å². The van der Waals surface area contributed by atoms with E-state index in [4.69, 9.17) is 4.74 Å². The van der Waals surface area contributed by atoms with Crippen LogP contribution in [0.3, 0.4) is 0 Å². The SMILES string of the molecule is CC1=C(C(=O)N2CCOCC2)C(c2ccccc2C(F)(F)F)NC(=O)N1CCC(C)C. The lowest BCUT2D eigenvalue weighted by molar-refractivity contribution is -0.139. The topological polar surface area (TPSA) is 61.9 Å². The summed E-state index contributed by atoms with van der Waals surface area (Å²) in [5.74, 6) is -0.0556. The van der Waals surface area contributed by atoms with Crippen LogP contribution in [0.15, 0.2) is 35.5 Å². The van der Waals surface area contributed by atoms with E-state index < -0.39 is 23.8 Å². The van der Waals surface area contributed by atoms with Crippen LogP contribution in [-0.2, 0) is 15.7 Å². The monoisotopic (exact) mass is 439 g/mol. The Hall–Kier alpha value is -2.55. The Kier molecular flexibility index (Phi) is 6.93. The number of nitrogens with zero attached hydrogens (tertiary/aromatic N) is 2. The van der Waals surface area contributed by atoms with Gasteiger partial charge in [0, 0.05) is 25.3 Å². The summed E-state index contributed by atoms with van der Waals surface area (Å²) < 4.78 is 46.5. The molecule has 0 spiro atoms. The lowest BCUT2D eigenvalue weighted by Crippen LogP contribution is -2.51. The van der Waals surface area contributed by atoms with Crippen molar-refractivity contribution in [2.45, 2.75) is 39.4 Å². The smallest absolute Gasteiger partial charge is 0.378 e. The average Bonchev–Trinajstić information content (AvgIpc) is 2.72. The Labute approximate surface area is 180 Å². The predicted molar refractivity (Wildman–Crippen MR) is 109 cm³/mol. The zero-order valence-electron chi connectivity index (χ0n) is 18.0. The maximum absolute atomic E-state index is 13.7. The normalized spacial score (nSPS) is 20.4. The molecule has 31 heavy (non-hydrogen) atoms. The molecule has 2 aliphatic heterocycles. The maximum Gasteiger partial charge on any atom is 0.416 e. The number of benzene rings is 1. The number of hydrogen-bond donors (Lipinski definition) is 1. The molecule has 3 amide bonds. The number of nitrogens with one attached hydrogen (secondary N) is 1. The van der Waals surface area contributed by atoms with Gasteiger partial charge in [0.25, 0.3) is 5.91 Å². The Bertz CT molecular complexity index is 861. The number of alkyl halides is 3. The molecule has 0 aromatic heterocycles. The van der Waals surface area contributed by atoms with Crippen LogP contribution in [0.5, 0.6) is 0 Å². The molecule has 1 unspecified atom stereocenters. The number of carbonyl (C=O) groups is 2. The minimum Gasteiger partial charge on any atom is -0.378 e. The summed E-state index contributed by atoms with van der Waals surface area (Å²) in [4.78, 5) is 29.3. The zero-order chi connectivity index (χ0) is 22.8. The summed E-state index contributed by atoms with van der Waals surface area (Å²) in [6.07, 6.45) is -3.91. The number of carbonyl (C=O) groups excluding carboxylic acids is 2. The highest BCUT2D eigenvalue weighted by Crippen LogP contribution is 2.39. The van der Waals surface area contributed by atoms with Crippen molar-refractivity contribution in [1.29, 1.82) is 0 Å². The van der Waals surface area contributed by atoms with Gasteiger partial charge in [-0.05, 0) is 30.9 Å². The Balaban J connectivity index is 2.09. The Morgan fingerprint density at radius 3 is 2.48 bits per heavy atom. The first-order chi connectivity index (χ1) is 14.6. The standard InChI is InChI=1S/C22H28F3N3O3/c1-14(2)8-9-28-15(3)18(20(29)27-10-12-31-13-11-27)19(26-21(28)30)16-6-4-5-7-17(16)22(23,24)25/h4-7,14,19H,8-13H2,1-3H3,(H,26,30). The number of halogens is 3. The molecular weight excluding hydrogens is 411 g/mol. The minimum absolute atomic E-state index is 0.136. The van der Waals surface area contributed by atoms with Crippen molar-refractivity contribution in [2.75, 3.05) is 32.8 Å². The van der Waals surface area contributed by atoms with Crippen LogP contribution in [0, 0.1) is 5.92 Å². The van der Waals surface area contributed by atoms with E-state index in [0.717, 1.165) is 6.07 Å². The van der Waals surface area contributed by atoms with Crippen LogP contribution in [0.1, 0.15) is 44.4 Å². The molecular formula is C22H28F3N3O3. The lowest BCUT2D eigenvalue weighted by atomic mass is 9.90. The molecule has 3 rings (SSSR count). The minimum atomic E-state index is -4.61. The number of allylic oxidation sites excluding steroid dienone is 1. The fourth-order valence-corrected chi connectivity index (χ4v) is 3.89. The van der Waals surface area contributed by atoms with Gasteiger partial charge in [-0.1, -0.05) is 32.0 Å². The van der Waals surface area contributed by atoms with Gasteiger partial charge in [-0.2, -0.15) is 13.2 Å². The van der Waals surface area contributed by atoms with Crippen LogP contribution < -0.4 is 5.32 Å². The van der Waals surface area contributed by atoms with Gasteiger partial charge in [0.05, 0.1) is 30.4 Å². The molecule has 1 N–H and O–H groups in total. The second-order valence-electron chi connectivity index (χ2n) is 8.21. The van der Waals surface area contributed by atoms with Crippen molar-refractivity contribution in [3.05, 3.63) is 46.7 Å². The molecule has 1 saturated heterocycles. The molecule has 2 aliphatic rings. The van der Waals surface area contributed by atoms with E-state index in [2.05, 4.69) is 5.32 Å². The summed E-state index contributed by atoms with van der Waals surface area (Å²) >= 11 is 0. The predicted octanol–water partition coefficient (Wildman–Crippen LogP) is 3.95. The van der Waals surface area contributed by atoms with Gasteiger partial charge >= 0.3 is 12.2 Å². The molecule has 1 aromatic rings. The van der Waals surface area contributed by atoms with E-state index in [1.54, 1.807) is 11.8 Å². The fraction of sp³-hybridized carbons (Fsp3) is 0.545. The largest absolute Gasteiger partial charge is 0.416 e. The number of urea groups is 1. The molecule has 0 radical (unpaired) electrons. The van der Waals surface area contributed by atoms with E-state index in [9.17, 15) is 22.8 Å². The molecule has 0 saturated carbocycles. The highest BCUT2D eigenvalue weighted by molar-refractivity contribution is 5.98. The second kappa shape index (κ2) is 9.30. The molecule has 0 bridgehead atoms. The van der Waals surface area contributed by atoms with E-state index in [0.29, 0.717) is 50.9 Å². The van der Waals surface area contributed by atoms with Gasteiger partial charge in [0.1, 0.15) is 0 Å². The molecule has 1 aromatic carbocycles. The van der Waals surface area contributed by atoms with E-state index in [1.807, 2.05) is 13.8 Å². The highest BCUT2D eigenvalue weighted by Gasteiger charge is 2.42. The summed E-state index contributed by atoms with van der Waals surface area (Å²) in [6, 6.07) is 3.38. The van der Waals surface area contributed by atoms with Gasteiger partial charge in [0.15, 0.2) is 0 Å². The summed E-state index contributed by atoms with van der Waals surface area (Å²) in [5.41, 5.74) is -0.441. The third kappa shape index (κ3) is 5.03. The van der Waals surface area contributed by atoms with Crippen molar-refractivity contribution >= 4 is 11.9 Å². The number of amides is 3. The highest BCUT2D eigenvalue weighted by atomic mass is 19.4. The number of rotatable bonds is 5. The van der Waals surface area contributed by atoms with E-state index >= 15 is 0 Å². The first kappa shape index (κ1) is 23.1. The van der Waals surface area contributed by atoms with Crippen LogP contribution in [0.2, 0.25) is 0 Å². The Morgan fingerprint density at radius 1 is 1.23 bits per heavy atom. The first-order valence-corrected chi connectivity index (χ1v) is 10.4. The quantitative estimate of drug-likeness (QED) is 0.756. The third-order valence-corrected chi connectivity index (χ3v) is 5.63.